The van der Waals surface area contributed by atoms with Gasteiger partial charge in [-0.1, -0.05) is 12.1 Å². The van der Waals surface area contributed by atoms with Crippen molar-refractivity contribution in [2.75, 3.05) is 13.7 Å². The van der Waals surface area contributed by atoms with Crippen LogP contribution in [0.15, 0.2) is 24.3 Å². The summed E-state index contributed by atoms with van der Waals surface area (Å²) >= 11 is 0. The molecule has 1 aromatic carbocycles. The minimum absolute atomic E-state index is 0.119. The van der Waals surface area contributed by atoms with E-state index in [1.807, 2.05) is 6.92 Å². The second-order valence-corrected chi connectivity index (χ2v) is 3.66. The Morgan fingerprint density at radius 1 is 1.44 bits per heavy atom. The third-order valence-electron chi connectivity index (χ3n) is 2.22. The van der Waals surface area contributed by atoms with Crippen LogP contribution in [0, 0.1) is 10.1 Å². The molecule has 0 spiro atoms. The van der Waals surface area contributed by atoms with E-state index < -0.39 is 4.92 Å². The highest BCUT2D eigenvalue weighted by molar-refractivity contribution is 5.32. The normalized spacial score (nSPS) is 12.4. The first kappa shape index (κ1) is 12.6. The second kappa shape index (κ2) is 6.19. The summed E-state index contributed by atoms with van der Waals surface area (Å²) in [5, 5.41) is 13.7. The molecular weight excluding hydrogens is 208 g/mol. The van der Waals surface area contributed by atoms with Crippen LogP contribution in [0.1, 0.15) is 12.5 Å². The lowest BCUT2D eigenvalue weighted by Crippen LogP contribution is -2.29. The number of ether oxygens (including phenoxy) is 1. The highest BCUT2D eigenvalue weighted by Gasteiger charge is 2.04. The van der Waals surface area contributed by atoms with Gasteiger partial charge in [-0.25, -0.2) is 0 Å². The van der Waals surface area contributed by atoms with Crippen LogP contribution in [0.5, 0.6) is 0 Å². The predicted molar refractivity (Wildman–Crippen MR) is 61.3 cm³/mol. The number of hydrogen-bond acceptors (Lipinski definition) is 4. The van der Waals surface area contributed by atoms with Crippen molar-refractivity contribution in [2.45, 2.75) is 19.5 Å². The highest BCUT2D eigenvalue weighted by atomic mass is 16.6. The molecule has 0 heterocycles. The minimum Gasteiger partial charge on any atom is -0.383 e. The summed E-state index contributed by atoms with van der Waals surface area (Å²) in [5.74, 6) is 0. The lowest BCUT2D eigenvalue weighted by Gasteiger charge is -2.12. The SMILES string of the molecule is COC[C@H](C)NCc1ccc([N+](=O)[O-])cc1. The Kier molecular flexibility index (Phi) is 4.88. The maximum Gasteiger partial charge on any atom is 0.269 e. The zero-order valence-electron chi connectivity index (χ0n) is 9.47. The van der Waals surface area contributed by atoms with Crippen LogP contribution in [0.3, 0.4) is 0 Å². The molecule has 0 bridgehead atoms. The quantitative estimate of drug-likeness (QED) is 0.590. The Morgan fingerprint density at radius 2 is 2.06 bits per heavy atom. The fraction of sp³-hybridized carbons (Fsp3) is 0.455. The summed E-state index contributed by atoms with van der Waals surface area (Å²) in [4.78, 5) is 10.0. The van der Waals surface area contributed by atoms with Crippen molar-refractivity contribution >= 4 is 5.69 Å². The minimum atomic E-state index is -0.398. The molecule has 5 nitrogen and oxygen atoms in total. The van der Waals surface area contributed by atoms with Gasteiger partial charge in [0.15, 0.2) is 0 Å². The van der Waals surface area contributed by atoms with Gasteiger partial charge in [-0.2, -0.15) is 0 Å². The van der Waals surface area contributed by atoms with Crippen molar-refractivity contribution in [3.63, 3.8) is 0 Å². The Bertz CT molecular complexity index is 338. The Balaban J connectivity index is 2.46. The monoisotopic (exact) mass is 224 g/mol. The molecule has 0 aliphatic heterocycles. The molecule has 0 aliphatic rings. The number of nitro groups is 1. The van der Waals surface area contributed by atoms with Gasteiger partial charge in [0, 0.05) is 31.8 Å². The largest absolute Gasteiger partial charge is 0.383 e. The summed E-state index contributed by atoms with van der Waals surface area (Å²) in [6.45, 7) is 3.35. The van der Waals surface area contributed by atoms with Crippen LogP contribution < -0.4 is 5.32 Å². The number of rotatable bonds is 6. The predicted octanol–water partition coefficient (Wildman–Crippen LogP) is 1.72. The van der Waals surface area contributed by atoms with Crippen molar-refractivity contribution in [1.82, 2.24) is 5.32 Å². The van der Waals surface area contributed by atoms with Gasteiger partial charge in [-0.15, -0.1) is 0 Å². The van der Waals surface area contributed by atoms with Gasteiger partial charge in [0.05, 0.1) is 11.5 Å². The van der Waals surface area contributed by atoms with Crippen molar-refractivity contribution in [2.24, 2.45) is 0 Å². The van der Waals surface area contributed by atoms with Crippen LogP contribution in [-0.2, 0) is 11.3 Å². The number of methoxy groups -OCH3 is 1. The number of hydrogen-bond donors (Lipinski definition) is 1. The number of nitrogens with zero attached hydrogens (tertiary/aromatic N) is 1. The summed E-state index contributed by atoms with van der Waals surface area (Å²) in [5.41, 5.74) is 1.14. The van der Waals surface area contributed by atoms with Crippen molar-refractivity contribution in [3.8, 4) is 0 Å². The van der Waals surface area contributed by atoms with E-state index in [-0.39, 0.29) is 11.7 Å². The first-order chi connectivity index (χ1) is 7.63. The van der Waals surface area contributed by atoms with E-state index in [0.717, 1.165) is 5.56 Å². The number of nitro benzene ring substituents is 1. The van der Waals surface area contributed by atoms with Crippen LogP contribution in [-0.4, -0.2) is 24.7 Å². The average Bonchev–Trinajstić information content (AvgIpc) is 2.27. The summed E-state index contributed by atoms with van der Waals surface area (Å²) in [6.07, 6.45) is 0. The molecule has 0 radical (unpaired) electrons. The van der Waals surface area contributed by atoms with E-state index in [0.29, 0.717) is 13.2 Å². The first-order valence-corrected chi connectivity index (χ1v) is 5.09. The molecule has 1 atom stereocenters. The van der Waals surface area contributed by atoms with Gasteiger partial charge in [0.2, 0.25) is 0 Å². The third kappa shape index (κ3) is 3.96. The molecule has 1 rings (SSSR count). The molecule has 0 unspecified atom stereocenters. The maximum atomic E-state index is 10.4. The molecule has 0 saturated carbocycles. The lowest BCUT2D eigenvalue weighted by molar-refractivity contribution is -0.384. The van der Waals surface area contributed by atoms with E-state index in [1.165, 1.54) is 12.1 Å². The van der Waals surface area contributed by atoms with Gasteiger partial charge < -0.3 is 10.1 Å². The lowest BCUT2D eigenvalue weighted by atomic mass is 10.2. The molecule has 1 aromatic rings. The van der Waals surface area contributed by atoms with Crippen molar-refractivity contribution < 1.29 is 9.66 Å². The van der Waals surface area contributed by atoms with E-state index in [2.05, 4.69) is 5.32 Å². The molecule has 1 N–H and O–H groups in total. The van der Waals surface area contributed by atoms with E-state index in [4.69, 9.17) is 4.74 Å². The fourth-order valence-corrected chi connectivity index (χ4v) is 1.34. The molecule has 88 valence electrons. The molecule has 0 aromatic heterocycles. The van der Waals surface area contributed by atoms with Crippen molar-refractivity contribution in [1.29, 1.82) is 0 Å². The molecule has 0 aliphatic carbocycles. The number of benzene rings is 1. The average molecular weight is 224 g/mol. The Morgan fingerprint density at radius 3 is 2.56 bits per heavy atom. The van der Waals surface area contributed by atoms with E-state index >= 15 is 0 Å². The van der Waals surface area contributed by atoms with Crippen LogP contribution >= 0.6 is 0 Å². The highest BCUT2D eigenvalue weighted by Crippen LogP contribution is 2.11. The van der Waals surface area contributed by atoms with E-state index in [9.17, 15) is 10.1 Å². The summed E-state index contributed by atoms with van der Waals surface area (Å²) < 4.78 is 4.99. The van der Waals surface area contributed by atoms with Crippen molar-refractivity contribution in [3.05, 3.63) is 39.9 Å². The van der Waals surface area contributed by atoms with Gasteiger partial charge in [-0.05, 0) is 12.5 Å². The standard InChI is InChI=1S/C11H16N2O3/c1-9(8-16-2)12-7-10-3-5-11(6-4-10)13(14)15/h3-6,9,12H,7-8H2,1-2H3/t9-/m0/s1. The second-order valence-electron chi connectivity index (χ2n) is 3.66. The van der Waals surface area contributed by atoms with Crippen LogP contribution in [0.25, 0.3) is 0 Å². The molecule has 16 heavy (non-hydrogen) atoms. The van der Waals surface area contributed by atoms with Crippen LogP contribution in [0.2, 0.25) is 0 Å². The zero-order valence-corrected chi connectivity index (χ0v) is 9.47. The molecule has 0 fully saturated rings. The fourth-order valence-electron chi connectivity index (χ4n) is 1.34. The smallest absolute Gasteiger partial charge is 0.269 e. The van der Waals surface area contributed by atoms with E-state index in [1.54, 1.807) is 19.2 Å². The van der Waals surface area contributed by atoms with Gasteiger partial charge >= 0.3 is 0 Å². The summed E-state index contributed by atoms with van der Waals surface area (Å²) in [7, 11) is 1.66. The molecule has 0 saturated heterocycles. The maximum absolute atomic E-state index is 10.4. The van der Waals surface area contributed by atoms with Crippen LogP contribution in [0.4, 0.5) is 5.69 Å². The Labute approximate surface area is 94.6 Å². The Hall–Kier alpha value is -1.46. The van der Waals surface area contributed by atoms with Gasteiger partial charge in [0.25, 0.3) is 5.69 Å². The number of non-ortho nitro benzene ring substituents is 1. The zero-order chi connectivity index (χ0) is 12.0. The summed E-state index contributed by atoms with van der Waals surface area (Å²) in [6, 6.07) is 6.80. The number of nitrogens with one attached hydrogen (secondary N) is 1. The van der Waals surface area contributed by atoms with Gasteiger partial charge in [0.1, 0.15) is 0 Å². The topological polar surface area (TPSA) is 64.4 Å². The molecule has 0 amide bonds. The van der Waals surface area contributed by atoms with Gasteiger partial charge in [-0.3, -0.25) is 10.1 Å². The molecule has 5 heteroatoms. The molecular formula is C11H16N2O3. The first-order valence-electron chi connectivity index (χ1n) is 5.09. The third-order valence-corrected chi connectivity index (χ3v) is 2.22.